The van der Waals surface area contributed by atoms with Crippen LogP contribution in [0.1, 0.15) is 17.5 Å². The highest BCUT2D eigenvalue weighted by molar-refractivity contribution is 7.80. The van der Waals surface area contributed by atoms with E-state index in [0.717, 1.165) is 23.3 Å². The molecule has 0 bridgehead atoms. The van der Waals surface area contributed by atoms with E-state index in [1.807, 2.05) is 24.3 Å². The lowest BCUT2D eigenvalue weighted by Gasteiger charge is -1.97. The Labute approximate surface area is 90.6 Å². The second kappa shape index (κ2) is 6.53. The molecule has 0 radical (unpaired) electrons. The molecule has 0 aromatic heterocycles. The standard InChI is InChI=1S/C12H14OS/c13-8-7-12-6-3-5-11(10-12)4-1-2-9-14/h3,5-6,10,13-14H,2,7-9H2. The fourth-order valence-corrected chi connectivity index (χ4v) is 1.27. The third-order valence-electron chi connectivity index (χ3n) is 1.80. The molecule has 0 amide bonds. The lowest BCUT2D eigenvalue weighted by molar-refractivity contribution is 0.299. The Bertz CT molecular complexity index is 336. The molecule has 0 aliphatic carbocycles. The molecule has 1 rings (SSSR count). The van der Waals surface area contributed by atoms with Crippen molar-refractivity contribution in [3.05, 3.63) is 35.4 Å². The minimum Gasteiger partial charge on any atom is -0.396 e. The van der Waals surface area contributed by atoms with Gasteiger partial charge in [-0.25, -0.2) is 0 Å². The van der Waals surface area contributed by atoms with Crippen LogP contribution in [0.5, 0.6) is 0 Å². The Balaban J connectivity index is 2.69. The molecule has 1 aromatic carbocycles. The van der Waals surface area contributed by atoms with Crippen LogP contribution in [0.3, 0.4) is 0 Å². The van der Waals surface area contributed by atoms with E-state index in [-0.39, 0.29) is 6.61 Å². The predicted octanol–water partition coefficient (Wildman–Crippen LogP) is 1.89. The predicted molar refractivity (Wildman–Crippen MR) is 62.6 cm³/mol. The Morgan fingerprint density at radius 2 is 2.21 bits per heavy atom. The third kappa shape index (κ3) is 3.87. The van der Waals surface area contributed by atoms with Crippen LogP contribution in [0.15, 0.2) is 24.3 Å². The van der Waals surface area contributed by atoms with Crippen molar-refractivity contribution in [3.8, 4) is 11.8 Å². The van der Waals surface area contributed by atoms with E-state index in [2.05, 4.69) is 24.5 Å². The number of benzene rings is 1. The molecular weight excluding hydrogens is 192 g/mol. The number of thiol groups is 1. The first kappa shape index (κ1) is 11.2. The van der Waals surface area contributed by atoms with Gasteiger partial charge in [-0.15, -0.1) is 0 Å². The summed E-state index contributed by atoms with van der Waals surface area (Å²) in [7, 11) is 0. The fourth-order valence-electron chi connectivity index (χ4n) is 1.15. The molecule has 1 aromatic rings. The average Bonchev–Trinajstić information content (AvgIpc) is 2.19. The van der Waals surface area contributed by atoms with Gasteiger partial charge in [0.1, 0.15) is 0 Å². The van der Waals surface area contributed by atoms with Gasteiger partial charge in [0.15, 0.2) is 0 Å². The summed E-state index contributed by atoms with van der Waals surface area (Å²) in [6.45, 7) is 0.188. The first-order valence-corrected chi connectivity index (χ1v) is 5.29. The first-order valence-electron chi connectivity index (χ1n) is 4.66. The van der Waals surface area contributed by atoms with E-state index in [4.69, 9.17) is 5.11 Å². The van der Waals surface area contributed by atoms with E-state index < -0.39 is 0 Å². The highest BCUT2D eigenvalue weighted by Gasteiger charge is 1.92. The van der Waals surface area contributed by atoms with Crippen LogP contribution >= 0.6 is 12.6 Å². The minimum absolute atomic E-state index is 0.188. The lowest BCUT2D eigenvalue weighted by atomic mass is 10.1. The molecule has 14 heavy (non-hydrogen) atoms. The van der Waals surface area contributed by atoms with Crippen LogP contribution in [-0.4, -0.2) is 17.5 Å². The van der Waals surface area contributed by atoms with E-state index in [0.29, 0.717) is 6.42 Å². The van der Waals surface area contributed by atoms with E-state index in [1.165, 1.54) is 0 Å². The maximum absolute atomic E-state index is 8.78. The normalized spacial score (nSPS) is 9.29. The van der Waals surface area contributed by atoms with Crippen molar-refractivity contribution in [2.75, 3.05) is 12.4 Å². The Morgan fingerprint density at radius 3 is 2.93 bits per heavy atom. The zero-order valence-corrected chi connectivity index (χ0v) is 8.93. The highest BCUT2D eigenvalue weighted by Crippen LogP contribution is 2.04. The molecule has 2 heteroatoms. The van der Waals surface area contributed by atoms with Crippen LogP contribution in [0.2, 0.25) is 0 Å². The molecule has 0 unspecified atom stereocenters. The molecule has 0 heterocycles. The lowest BCUT2D eigenvalue weighted by Crippen LogP contribution is -1.90. The SMILES string of the molecule is OCCc1cccc(C#CCCS)c1. The summed E-state index contributed by atoms with van der Waals surface area (Å²) in [5.41, 5.74) is 2.14. The molecule has 0 fully saturated rings. The summed E-state index contributed by atoms with van der Waals surface area (Å²) in [5.74, 6) is 6.89. The summed E-state index contributed by atoms with van der Waals surface area (Å²) in [5, 5.41) is 8.78. The Hall–Kier alpha value is -0.910. The quantitative estimate of drug-likeness (QED) is 0.571. The summed E-state index contributed by atoms with van der Waals surface area (Å²) in [6, 6.07) is 7.96. The molecule has 0 spiro atoms. The Kier molecular flexibility index (Phi) is 5.21. The molecular formula is C12H14OS. The molecule has 0 saturated heterocycles. The van der Waals surface area contributed by atoms with Gasteiger partial charge in [0.05, 0.1) is 0 Å². The smallest absolute Gasteiger partial charge is 0.0471 e. The van der Waals surface area contributed by atoms with Gasteiger partial charge in [-0.2, -0.15) is 12.6 Å². The monoisotopic (exact) mass is 206 g/mol. The zero-order valence-electron chi connectivity index (χ0n) is 8.03. The maximum atomic E-state index is 8.78. The van der Waals surface area contributed by atoms with Crippen LogP contribution in [0, 0.1) is 11.8 Å². The first-order chi connectivity index (χ1) is 6.86. The van der Waals surface area contributed by atoms with Crippen molar-refractivity contribution in [2.24, 2.45) is 0 Å². The maximum Gasteiger partial charge on any atom is 0.0471 e. The van der Waals surface area contributed by atoms with Gasteiger partial charge in [0.25, 0.3) is 0 Å². The van der Waals surface area contributed by atoms with Gasteiger partial charge in [0, 0.05) is 24.3 Å². The highest BCUT2D eigenvalue weighted by atomic mass is 32.1. The summed E-state index contributed by atoms with van der Waals surface area (Å²) in [6.07, 6.45) is 1.51. The number of hydrogen-bond donors (Lipinski definition) is 2. The van der Waals surface area contributed by atoms with Crippen molar-refractivity contribution in [2.45, 2.75) is 12.8 Å². The van der Waals surface area contributed by atoms with Crippen molar-refractivity contribution < 1.29 is 5.11 Å². The third-order valence-corrected chi connectivity index (χ3v) is 2.02. The van der Waals surface area contributed by atoms with E-state index in [9.17, 15) is 0 Å². The largest absolute Gasteiger partial charge is 0.396 e. The molecule has 0 atom stereocenters. The average molecular weight is 206 g/mol. The zero-order chi connectivity index (χ0) is 10.2. The molecule has 0 aliphatic rings. The van der Waals surface area contributed by atoms with E-state index in [1.54, 1.807) is 0 Å². The van der Waals surface area contributed by atoms with Crippen molar-refractivity contribution >= 4 is 12.6 Å². The van der Waals surface area contributed by atoms with Crippen molar-refractivity contribution in [1.29, 1.82) is 0 Å². The number of hydrogen-bond acceptors (Lipinski definition) is 2. The molecule has 0 aliphatic heterocycles. The fraction of sp³-hybridized carbons (Fsp3) is 0.333. The van der Waals surface area contributed by atoms with E-state index >= 15 is 0 Å². The number of aliphatic hydroxyl groups is 1. The second-order valence-corrected chi connectivity index (χ2v) is 3.40. The van der Waals surface area contributed by atoms with Gasteiger partial charge >= 0.3 is 0 Å². The molecule has 0 saturated carbocycles. The number of aliphatic hydroxyl groups excluding tert-OH is 1. The molecule has 1 N–H and O–H groups in total. The van der Waals surface area contributed by atoms with Gasteiger partial charge in [-0.3, -0.25) is 0 Å². The van der Waals surface area contributed by atoms with Crippen molar-refractivity contribution in [1.82, 2.24) is 0 Å². The van der Waals surface area contributed by atoms with Crippen LogP contribution in [0.4, 0.5) is 0 Å². The van der Waals surface area contributed by atoms with Gasteiger partial charge < -0.3 is 5.11 Å². The second-order valence-electron chi connectivity index (χ2n) is 2.95. The molecule has 1 nitrogen and oxygen atoms in total. The topological polar surface area (TPSA) is 20.2 Å². The minimum atomic E-state index is 0.188. The van der Waals surface area contributed by atoms with Crippen LogP contribution < -0.4 is 0 Å². The Morgan fingerprint density at radius 1 is 1.36 bits per heavy atom. The summed E-state index contributed by atoms with van der Waals surface area (Å²) >= 11 is 4.09. The summed E-state index contributed by atoms with van der Waals surface area (Å²) in [4.78, 5) is 0. The molecule has 74 valence electrons. The van der Waals surface area contributed by atoms with Gasteiger partial charge in [-0.1, -0.05) is 24.0 Å². The van der Waals surface area contributed by atoms with Crippen molar-refractivity contribution in [3.63, 3.8) is 0 Å². The van der Waals surface area contributed by atoms with Gasteiger partial charge in [0.2, 0.25) is 0 Å². The van der Waals surface area contributed by atoms with Gasteiger partial charge in [-0.05, 0) is 24.1 Å². The summed E-state index contributed by atoms with van der Waals surface area (Å²) < 4.78 is 0. The van der Waals surface area contributed by atoms with Crippen LogP contribution in [-0.2, 0) is 6.42 Å². The van der Waals surface area contributed by atoms with Crippen LogP contribution in [0.25, 0.3) is 0 Å². The number of rotatable bonds is 3.